The van der Waals surface area contributed by atoms with Crippen LogP contribution in [0.15, 0.2) is 67.3 Å². The summed E-state index contributed by atoms with van der Waals surface area (Å²) in [6.45, 7) is 1.40. The third-order valence-electron chi connectivity index (χ3n) is 4.99. The number of nitrogens with one attached hydrogen (secondary N) is 1. The van der Waals surface area contributed by atoms with Crippen molar-refractivity contribution in [3.8, 4) is 11.5 Å². The van der Waals surface area contributed by atoms with Gasteiger partial charge in [-0.3, -0.25) is 20.1 Å². The number of fused-ring (bicyclic) bond motifs is 1. The Morgan fingerprint density at radius 2 is 1.79 bits per heavy atom. The summed E-state index contributed by atoms with van der Waals surface area (Å²) in [5, 5.41) is 3.39. The van der Waals surface area contributed by atoms with Gasteiger partial charge >= 0.3 is 0 Å². The van der Waals surface area contributed by atoms with Gasteiger partial charge in [-0.2, -0.15) is 0 Å². The summed E-state index contributed by atoms with van der Waals surface area (Å²) in [5.74, 6) is 0.793. The fourth-order valence-corrected chi connectivity index (χ4v) is 3.45. The molecule has 7 nitrogen and oxygen atoms in total. The van der Waals surface area contributed by atoms with Crippen molar-refractivity contribution in [3.05, 3.63) is 83.9 Å². The van der Waals surface area contributed by atoms with Gasteiger partial charge in [0.2, 0.25) is 5.91 Å². The lowest BCUT2D eigenvalue weighted by Gasteiger charge is -2.33. The van der Waals surface area contributed by atoms with Gasteiger partial charge in [-0.25, -0.2) is 0 Å². The standard InChI is InChI=1S/C22H22N4O3/c23-21(27)22(13-16-5-8-24-9-6-16,26-15-17-2-1-7-25-14-17)18-3-4-19-20(12-18)29-11-10-28-19/h1-9,12,14,26H,10-11,13,15H2,(H2,23,27). The van der Waals surface area contributed by atoms with E-state index < -0.39 is 11.4 Å². The Labute approximate surface area is 168 Å². The largest absolute Gasteiger partial charge is 0.486 e. The van der Waals surface area contributed by atoms with E-state index >= 15 is 0 Å². The van der Waals surface area contributed by atoms with Crippen LogP contribution in [-0.2, 0) is 23.3 Å². The minimum absolute atomic E-state index is 0.366. The number of pyridine rings is 2. The molecular weight excluding hydrogens is 368 g/mol. The van der Waals surface area contributed by atoms with Gasteiger partial charge in [-0.1, -0.05) is 12.1 Å². The average molecular weight is 390 g/mol. The number of nitrogens with two attached hydrogens (primary N) is 1. The van der Waals surface area contributed by atoms with Crippen LogP contribution in [0.25, 0.3) is 0 Å². The lowest BCUT2D eigenvalue weighted by Crippen LogP contribution is -2.54. The molecule has 0 saturated carbocycles. The fraction of sp³-hybridized carbons (Fsp3) is 0.227. The Balaban J connectivity index is 1.74. The number of rotatable bonds is 7. The van der Waals surface area contributed by atoms with Gasteiger partial charge < -0.3 is 15.2 Å². The Hall–Kier alpha value is -3.45. The second-order valence-corrected chi connectivity index (χ2v) is 6.88. The molecule has 0 spiro atoms. The molecule has 3 heterocycles. The zero-order chi connectivity index (χ0) is 20.1. The van der Waals surface area contributed by atoms with Crippen LogP contribution in [0.5, 0.6) is 11.5 Å². The van der Waals surface area contributed by atoms with Gasteiger partial charge in [-0.05, 0) is 47.0 Å². The number of benzene rings is 1. The van der Waals surface area contributed by atoms with Crippen LogP contribution in [0.2, 0.25) is 0 Å². The summed E-state index contributed by atoms with van der Waals surface area (Å²) in [5.41, 5.74) is 7.45. The molecule has 0 fully saturated rings. The predicted molar refractivity (Wildman–Crippen MR) is 107 cm³/mol. The minimum Gasteiger partial charge on any atom is -0.486 e. The normalized spacial score (nSPS) is 14.8. The summed E-state index contributed by atoms with van der Waals surface area (Å²) in [6.07, 6.45) is 7.24. The van der Waals surface area contributed by atoms with Gasteiger partial charge in [-0.15, -0.1) is 0 Å². The third kappa shape index (κ3) is 4.05. The first-order chi connectivity index (χ1) is 14.2. The van der Waals surface area contributed by atoms with E-state index in [9.17, 15) is 4.79 Å². The first-order valence-electron chi connectivity index (χ1n) is 9.40. The summed E-state index contributed by atoms with van der Waals surface area (Å²) < 4.78 is 11.3. The number of hydrogen-bond acceptors (Lipinski definition) is 6. The number of carbonyl (C=O) groups excluding carboxylic acids is 1. The molecule has 7 heteroatoms. The van der Waals surface area contributed by atoms with Crippen LogP contribution in [0, 0.1) is 0 Å². The van der Waals surface area contributed by atoms with Crippen molar-refractivity contribution < 1.29 is 14.3 Å². The number of hydrogen-bond donors (Lipinski definition) is 2. The summed E-state index contributed by atoms with van der Waals surface area (Å²) >= 11 is 0. The van der Waals surface area contributed by atoms with Gasteiger partial charge in [0.1, 0.15) is 18.8 Å². The highest BCUT2D eigenvalue weighted by molar-refractivity contribution is 5.87. The zero-order valence-corrected chi connectivity index (χ0v) is 15.9. The Bertz CT molecular complexity index is 982. The minimum atomic E-state index is -1.15. The smallest absolute Gasteiger partial charge is 0.242 e. The van der Waals surface area contributed by atoms with Crippen molar-refractivity contribution in [2.24, 2.45) is 5.73 Å². The number of amides is 1. The second kappa shape index (κ2) is 8.28. The molecule has 29 heavy (non-hydrogen) atoms. The third-order valence-corrected chi connectivity index (χ3v) is 4.99. The van der Waals surface area contributed by atoms with Crippen molar-refractivity contribution in [2.45, 2.75) is 18.5 Å². The first-order valence-corrected chi connectivity index (χ1v) is 9.40. The van der Waals surface area contributed by atoms with Crippen LogP contribution in [0.1, 0.15) is 16.7 Å². The van der Waals surface area contributed by atoms with Crippen LogP contribution in [0.4, 0.5) is 0 Å². The Kier molecular flexibility index (Phi) is 5.39. The molecule has 1 aliphatic heterocycles. The molecule has 1 atom stereocenters. The van der Waals surface area contributed by atoms with Crippen LogP contribution < -0.4 is 20.5 Å². The SMILES string of the molecule is NC(=O)C(Cc1ccncc1)(NCc1cccnc1)c1ccc2c(c1)OCCO2. The molecule has 4 rings (SSSR count). The number of ether oxygens (including phenoxy) is 2. The van der Waals surface area contributed by atoms with Crippen molar-refractivity contribution in [1.29, 1.82) is 0 Å². The number of primary amides is 1. The van der Waals surface area contributed by atoms with Gasteiger partial charge in [0.05, 0.1) is 0 Å². The lowest BCUT2D eigenvalue weighted by molar-refractivity contribution is -0.125. The van der Waals surface area contributed by atoms with Crippen molar-refractivity contribution in [2.75, 3.05) is 13.2 Å². The van der Waals surface area contributed by atoms with E-state index in [0.29, 0.717) is 37.7 Å². The molecule has 1 amide bonds. The van der Waals surface area contributed by atoms with E-state index in [1.54, 1.807) is 24.8 Å². The molecule has 0 saturated heterocycles. The van der Waals surface area contributed by atoms with E-state index in [2.05, 4.69) is 15.3 Å². The van der Waals surface area contributed by atoms with E-state index in [0.717, 1.165) is 16.7 Å². The van der Waals surface area contributed by atoms with Crippen molar-refractivity contribution in [1.82, 2.24) is 15.3 Å². The summed E-state index contributed by atoms with van der Waals surface area (Å²) in [7, 11) is 0. The maximum absolute atomic E-state index is 12.9. The van der Waals surface area contributed by atoms with E-state index in [1.165, 1.54) is 0 Å². The second-order valence-electron chi connectivity index (χ2n) is 6.88. The van der Waals surface area contributed by atoms with Gasteiger partial charge in [0.25, 0.3) is 0 Å². The highest BCUT2D eigenvalue weighted by Gasteiger charge is 2.39. The highest BCUT2D eigenvalue weighted by Crippen LogP contribution is 2.36. The quantitative estimate of drug-likeness (QED) is 0.640. The molecule has 1 aromatic carbocycles. The molecular formula is C22H22N4O3. The van der Waals surface area contributed by atoms with E-state index in [4.69, 9.17) is 15.2 Å². The fourth-order valence-electron chi connectivity index (χ4n) is 3.45. The molecule has 148 valence electrons. The topological polar surface area (TPSA) is 99.4 Å². The number of nitrogens with zero attached hydrogens (tertiary/aromatic N) is 2. The van der Waals surface area contributed by atoms with E-state index in [-0.39, 0.29) is 0 Å². The summed E-state index contributed by atoms with van der Waals surface area (Å²) in [4.78, 5) is 21.1. The number of carbonyl (C=O) groups is 1. The molecule has 2 aromatic heterocycles. The van der Waals surface area contributed by atoms with Crippen LogP contribution >= 0.6 is 0 Å². The van der Waals surface area contributed by atoms with E-state index in [1.807, 2.05) is 42.5 Å². The molecule has 0 aliphatic carbocycles. The predicted octanol–water partition coefficient (Wildman–Crippen LogP) is 1.96. The lowest BCUT2D eigenvalue weighted by atomic mass is 9.82. The molecule has 3 aromatic rings. The maximum atomic E-state index is 12.9. The average Bonchev–Trinajstić information content (AvgIpc) is 2.77. The molecule has 1 unspecified atom stereocenters. The van der Waals surface area contributed by atoms with Crippen LogP contribution in [-0.4, -0.2) is 29.1 Å². The van der Waals surface area contributed by atoms with Crippen molar-refractivity contribution >= 4 is 5.91 Å². The molecule has 3 N–H and O–H groups in total. The van der Waals surface area contributed by atoms with Crippen LogP contribution in [0.3, 0.4) is 0 Å². The molecule has 1 aliphatic rings. The van der Waals surface area contributed by atoms with Gasteiger partial charge in [0, 0.05) is 37.8 Å². The van der Waals surface area contributed by atoms with Gasteiger partial charge in [0.15, 0.2) is 11.5 Å². The highest BCUT2D eigenvalue weighted by atomic mass is 16.6. The van der Waals surface area contributed by atoms with Crippen molar-refractivity contribution in [3.63, 3.8) is 0 Å². The number of aromatic nitrogens is 2. The molecule has 0 radical (unpaired) electrons. The summed E-state index contributed by atoms with van der Waals surface area (Å²) in [6, 6.07) is 13.1. The maximum Gasteiger partial charge on any atom is 0.242 e. The zero-order valence-electron chi connectivity index (χ0n) is 15.9. The Morgan fingerprint density at radius 3 is 2.52 bits per heavy atom. The Morgan fingerprint density at radius 1 is 1.00 bits per heavy atom. The molecule has 0 bridgehead atoms. The monoisotopic (exact) mass is 390 g/mol. The first kappa shape index (κ1) is 18.9.